The van der Waals surface area contributed by atoms with Crippen molar-refractivity contribution in [3.8, 4) is 5.88 Å². The zero-order valence-electron chi connectivity index (χ0n) is 11.0. The van der Waals surface area contributed by atoms with E-state index in [1.54, 1.807) is 0 Å². The zero-order chi connectivity index (χ0) is 12.3. The third-order valence-corrected chi connectivity index (χ3v) is 3.80. The fourth-order valence-corrected chi connectivity index (χ4v) is 2.72. The van der Waals surface area contributed by atoms with Gasteiger partial charge >= 0.3 is 0 Å². The van der Waals surface area contributed by atoms with Gasteiger partial charge in [0.2, 0.25) is 5.88 Å². The van der Waals surface area contributed by atoms with Gasteiger partial charge in [-0.15, -0.1) is 0 Å². The summed E-state index contributed by atoms with van der Waals surface area (Å²) in [7, 11) is 0. The Morgan fingerprint density at radius 2 is 1.71 bits per heavy atom. The van der Waals surface area contributed by atoms with Gasteiger partial charge in [-0.2, -0.15) is 4.98 Å². The van der Waals surface area contributed by atoms with Gasteiger partial charge in [-0.25, -0.2) is 0 Å². The maximum absolute atomic E-state index is 9.82. The molecule has 1 aromatic rings. The van der Waals surface area contributed by atoms with Crippen molar-refractivity contribution in [2.75, 3.05) is 0 Å². The highest BCUT2D eigenvalue weighted by Crippen LogP contribution is 2.32. The third kappa shape index (κ3) is 3.02. The van der Waals surface area contributed by atoms with Crippen molar-refractivity contribution in [2.45, 2.75) is 70.6 Å². The molecule has 2 N–H and O–H groups in total. The van der Waals surface area contributed by atoms with Crippen molar-refractivity contribution >= 4 is 0 Å². The molecule has 0 aromatic carbocycles. The topological polar surface area (TPSA) is 48.9 Å². The van der Waals surface area contributed by atoms with Gasteiger partial charge in [0.05, 0.1) is 5.69 Å². The molecule has 1 saturated carbocycles. The molecule has 96 valence electrons. The molecule has 0 radical (unpaired) electrons. The number of aromatic nitrogens is 2. The number of aromatic amines is 1. The normalized spacial score (nSPS) is 19.2. The molecule has 1 heterocycles. The minimum Gasteiger partial charge on any atom is -0.492 e. The fourth-order valence-electron chi connectivity index (χ4n) is 2.72. The van der Waals surface area contributed by atoms with Crippen molar-refractivity contribution < 1.29 is 5.11 Å². The summed E-state index contributed by atoms with van der Waals surface area (Å²) in [6, 6.07) is 0. The molecular formula is C14H24N2O. The van der Waals surface area contributed by atoms with E-state index in [2.05, 4.69) is 23.8 Å². The maximum Gasteiger partial charge on any atom is 0.232 e. The Balaban J connectivity index is 2.11. The van der Waals surface area contributed by atoms with Crippen LogP contribution in [0, 0.1) is 0 Å². The average Bonchev–Trinajstić information content (AvgIpc) is 2.59. The molecule has 0 atom stereocenters. The van der Waals surface area contributed by atoms with E-state index in [0.717, 1.165) is 11.5 Å². The van der Waals surface area contributed by atoms with Crippen molar-refractivity contribution in [2.24, 2.45) is 0 Å². The van der Waals surface area contributed by atoms with Crippen LogP contribution in [0.3, 0.4) is 0 Å². The molecule has 1 aliphatic rings. The lowest BCUT2D eigenvalue weighted by molar-refractivity contribution is 0.431. The van der Waals surface area contributed by atoms with Crippen LogP contribution in [0.2, 0.25) is 0 Å². The lowest BCUT2D eigenvalue weighted by atomic mass is 9.91. The molecule has 0 bridgehead atoms. The van der Waals surface area contributed by atoms with Gasteiger partial charge in [0.1, 0.15) is 5.82 Å². The number of rotatable bonds is 2. The summed E-state index contributed by atoms with van der Waals surface area (Å²) in [6.45, 7) is 4.16. The Morgan fingerprint density at radius 1 is 1.12 bits per heavy atom. The summed E-state index contributed by atoms with van der Waals surface area (Å²) in [4.78, 5) is 7.67. The van der Waals surface area contributed by atoms with Gasteiger partial charge in [-0.05, 0) is 18.8 Å². The van der Waals surface area contributed by atoms with E-state index in [-0.39, 0.29) is 5.88 Å². The lowest BCUT2D eigenvalue weighted by Gasteiger charge is -2.17. The zero-order valence-corrected chi connectivity index (χ0v) is 11.0. The molecular weight excluding hydrogens is 212 g/mol. The standard InChI is InChI=1S/C14H24N2O/c1-10(2)12-14(17)16-13(15-12)11-8-6-4-3-5-7-9-11/h10-11,17H,3-9H2,1-2H3,(H,15,16). The first kappa shape index (κ1) is 12.5. The molecule has 3 nitrogen and oxygen atoms in total. The molecule has 1 aromatic heterocycles. The minimum atomic E-state index is 0.206. The van der Waals surface area contributed by atoms with Crippen molar-refractivity contribution in [3.63, 3.8) is 0 Å². The monoisotopic (exact) mass is 236 g/mol. The number of aromatic hydroxyl groups is 1. The Labute approximate surface area is 104 Å². The van der Waals surface area contributed by atoms with Crippen molar-refractivity contribution in [1.29, 1.82) is 0 Å². The van der Waals surface area contributed by atoms with Crippen molar-refractivity contribution in [1.82, 2.24) is 9.97 Å². The molecule has 1 fully saturated rings. The predicted octanol–water partition coefficient (Wildman–Crippen LogP) is 4.07. The second-order valence-electron chi connectivity index (χ2n) is 5.56. The highest BCUT2D eigenvalue weighted by molar-refractivity contribution is 5.23. The van der Waals surface area contributed by atoms with Crippen LogP contribution in [-0.4, -0.2) is 15.1 Å². The number of nitrogens with zero attached hydrogens (tertiary/aromatic N) is 1. The van der Waals surface area contributed by atoms with Crippen LogP contribution in [0.1, 0.15) is 82.1 Å². The number of hydrogen-bond acceptors (Lipinski definition) is 2. The highest BCUT2D eigenvalue weighted by atomic mass is 16.3. The molecule has 0 saturated heterocycles. The van der Waals surface area contributed by atoms with Gasteiger partial charge in [-0.1, -0.05) is 46.0 Å². The highest BCUT2D eigenvalue weighted by Gasteiger charge is 2.20. The van der Waals surface area contributed by atoms with Crippen LogP contribution in [-0.2, 0) is 0 Å². The van der Waals surface area contributed by atoms with Crippen LogP contribution in [0.4, 0.5) is 0 Å². The quantitative estimate of drug-likeness (QED) is 0.813. The summed E-state index contributed by atoms with van der Waals surface area (Å²) < 4.78 is 0. The Morgan fingerprint density at radius 3 is 2.24 bits per heavy atom. The second-order valence-corrected chi connectivity index (χ2v) is 5.56. The molecule has 17 heavy (non-hydrogen) atoms. The molecule has 0 spiro atoms. The first-order valence-electron chi connectivity index (χ1n) is 6.97. The van der Waals surface area contributed by atoms with Gasteiger partial charge in [0.15, 0.2) is 0 Å². The molecule has 0 amide bonds. The van der Waals surface area contributed by atoms with E-state index >= 15 is 0 Å². The third-order valence-electron chi connectivity index (χ3n) is 3.80. The van der Waals surface area contributed by atoms with E-state index in [1.165, 1.54) is 44.9 Å². The smallest absolute Gasteiger partial charge is 0.232 e. The Bertz CT molecular complexity index is 349. The van der Waals surface area contributed by atoms with Gasteiger partial charge < -0.3 is 10.1 Å². The van der Waals surface area contributed by atoms with Gasteiger partial charge in [0, 0.05) is 5.92 Å². The fraction of sp³-hybridized carbons (Fsp3) is 0.786. The maximum atomic E-state index is 9.82. The van der Waals surface area contributed by atoms with E-state index in [1.807, 2.05) is 0 Å². The van der Waals surface area contributed by atoms with Crippen LogP contribution < -0.4 is 0 Å². The minimum absolute atomic E-state index is 0.206. The molecule has 1 aliphatic carbocycles. The Kier molecular flexibility index (Phi) is 4.08. The van der Waals surface area contributed by atoms with Crippen LogP contribution in [0.5, 0.6) is 5.88 Å². The van der Waals surface area contributed by atoms with Crippen LogP contribution >= 0.6 is 0 Å². The first-order chi connectivity index (χ1) is 8.18. The van der Waals surface area contributed by atoms with E-state index < -0.39 is 0 Å². The van der Waals surface area contributed by atoms with Gasteiger partial charge in [0.25, 0.3) is 0 Å². The van der Waals surface area contributed by atoms with E-state index in [9.17, 15) is 5.11 Å². The number of hydrogen-bond donors (Lipinski definition) is 2. The molecule has 2 rings (SSSR count). The Hall–Kier alpha value is -0.990. The molecule has 0 aliphatic heterocycles. The van der Waals surface area contributed by atoms with Crippen molar-refractivity contribution in [3.05, 3.63) is 11.5 Å². The largest absolute Gasteiger partial charge is 0.492 e. The van der Waals surface area contributed by atoms with Gasteiger partial charge in [-0.3, -0.25) is 0 Å². The van der Waals surface area contributed by atoms with E-state index in [4.69, 9.17) is 0 Å². The SMILES string of the molecule is CC(C)c1[nH]c(C2CCCCCCC2)nc1O. The summed E-state index contributed by atoms with van der Waals surface area (Å²) in [5, 5.41) is 9.82. The molecule has 3 heteroatoms. The summed E-state index contributed by atoms with van der Waals surface area (Å²) in [5.41, 5.74) is 0.891. The van der Waals surface area contributed by atoms with E-state index in [0.29, 0.717) is 11.8 Å². The first-order valence-corrected chi connectivity index (χ1v) is 6.97. The average molecular weight is 236 g/mol. The van der Waals surface area contributed by atoms with Crippen LogP contribution in [0.25, 0.3) is 0 Å². The summed E-state index contributed by atoms with van der Waals surface area (Å²) >= 11 is 0. The summed E-state index contributed by atoms with van der Waals surface area (Å²) in [6.07, 6.45) is 9.09. The second kappa shape index (κ2) is 5.56. The molecule has 0 unspecified atom stereocenters. The number of imidazole rings is 1. The number of H-pyrrole nitrogens is 1. The summed E-state index contributed by atoms with van der Waals surface area (Å²) in [5.74, 6) is 2.05. The van der Waals surface area contributed by atoms with Crippen LogP contribution in [0.15, 0.2) is 0 Å². The number of nitrogens with one attached hydrogen (secondary N) is 1. The predicted molar refractivity (Wildman–Crippen MR) is 69.4 cm³/mol. The lowest BCUT2D eigenvalue weighted by Crippen LogP contribution is -2.04.